The number of ketones is 1. The second-order valence-corrected chi connectivity index (χ2v) is 12.7. The van der Waals surface area contributed by atoms with Crippen LogP contribution in [0, 0.1) is 19.8 Å². The molecule has 0 fully saturated rings. The van der Waals surface area contributed by atoms with Gasteiger partial charge >= 0.3 is 12.1 Å². The van der Waals surface area contributed by atoms with Crippen LogP contribution in [0.3, 0.4) is 0 Å². The highest BCUT2D eigenvalue weighted by Gasteiger charge is 2.30. The van der Waals surface area contributed by atoms with Crippen LogP contribution in [-0.4, -0.2) is 49.1 Å². The van der Waals surface area contributed by atoms with Gasteiger partial charge in [-0.05, 0) is 71.6 Å². The number of benzene rings is 1. The summed E-state index contributed by atoms with van der Waals surface area (Å²) in [5.74, 6) is -1.71. The summed E-state index contributed by atoms with van der Waals surface area (Å²) in [6.07, 6.45) is -0.591. The number of hydrogen-bond acceptors (Lipinski definition) is 7. The number of carbonyl (C=O) groups excluding carboxylic acids is 4. The molecule has 0 spiro atoms. The van der Waals surface area contributed by atoms with E-state index in [2.05, 4.69) is 10.6 Å². The number of Topliss-reactive ketones (excluding diaryl/α,β-unsaturated/α-hetero) is 1. The Morgan fingerprint density at radius 1 is 0.927 bits per heavy atom. The maximum Gasteiger partial charge on any atom is 0.407 e. The first-order valence-corrected chi connectivity index (χ1v) is 14.4. The lowest BCUT2D eigenvalue weighted by Crippen LogP contribution is -2.39. The molecule has 0 bridgehead atoms. The highest BCUT2D eigenvalue weighted by molar-refractivity contribution is 7.12. The summed E-state index contributed by atoms with van der Waals surface area (Å²) in [6.45, 7) is 16.4. The molecule has 1 aromatic heterocycles. The minimum atomic E-state index is -0.755. The number of ether oxygens (including phenoxy) is 2. The highest BCUT2D eigenvalue weighted by Crippen LogP contribution is 2.37. The molecule has 8 nitrogen and oxygen atoms in total. The summed E-state index contributed by atoms with van der Waals surface area (Å²) in [5, 5.41) is 5.46. The first-order valence-electron chi connectivity index (χ1n) is 13.6. The SMILES string of the molecule is CC(C)=C(C(=O)OCC(=O)c1ccccc1)/C(C(=O)NCCNC(=O)OC(C)(C)C)=C(\c1cc(C)sc1C)C(C)C. The molecule has 0 aliphatic carbocycles. The predicted molar refractivity (Wildman–Crippen MR) is 163 cm³/mol. The number of carbonyl (C=O) groups is 4. The molecule has 1 aromatic carbocycles. The molecule has 0 aliphatic heterocycles. The van der Waals surface area contributed by atoms with E-state index in [1.807, 2.05) is 33.8 Å². The second kappa shape index (κ2) is 14.8. The third-order valence-corrected chi connectivity index (χ3v) is 6.83. The lowest BCUT2D eigenvalue weighted by molar-refractivity contribution is -0.138. The van der Waals surface area contributed by atoms with Gasteiger partial charge in [0.15, 0.2) is 12.4 Å². The lowest BCUT2D eigenvalue weighted by Gasteiger charge is -2.22. The molecule has 222 valence electrons. The van der Waals surface area contributed by atoms with Gasteiger partial charge in [-0.1, -0.05) is 49.8 Å². The van der Waals surface area contributed by atoms with E-state index in [0.29, 0.717) is 16.7 Å². The Morgan fingerprint density at radius 2 is 1.54 bits per heavy atom. The van der Waals surface area contributed by atoms with Gasteiger partial charge in [-0.3, -0.25) is 9.59 Å². The molecule has 2 aromatic rings. The molecule has 41 heavy (non-hydrogen) atoms. The fourth-order valence-electron chi connectivity index (χ4n) is 4.21. The molecular formula is C32H42N2O6S. The Balaban J connectivity index is 2.44. The van der Waals surface area contributed by atoms with Crippen LogP contribution in [0.4, 0.5) is 4.79 Å². The molecule has 0 atom stereocenters. The summed E-state index contributed by atoms with van der Waals surface area (Å²) in [7, 11) is 0. The van der Waals surface area contributed by atoms with E-state index in [9.17, 15) is 19.2 Å². The largest absolute Gasteiger partial charge is 0.454 e. The standard InChI is InChI=1S/C32H42N2O6S/c1-19(2)26(24-17-21(5)41-22(24)6)28(29(36)33-15-16-34-31(38)40-32(7,8)9)27(20(3)4)30(37)39-18-25(35)23-13-11-10-12-14-23/h10-14,17,19H,15-16,18H2,1-9H3,(H,33,36)(H,34,38)/b28-26+. The third kappa shape index (κ3) is 10.0. The highest BCUT2D eigenvalue weighted by atomic mass is 32.1. The minimum absolute atomic E-state index is 0.103. The second-order valence-electron chi connectivity index (χ2n) is 11.2. The number of hydrogen-bond donors (Lipinski definition) is 2. The fraction of sp³-hybridized carbons (Fsp3) is 0.438. The van der Waals surface area contributed by atoms with Crippen LogP contribution in [0.1, 0.15) is 74.1 Å². The Hall–Kier alpha value is -3.72. The first-order chi connectivity index (χ1) is 19.1. The van der Waals surface area contributed by atoms with Crippen LogP contribution in [0.25, 0.3) is 5.57 Å². The average Bonchev–Trinajstić information content (AvgIpc) is 3.20. The molecular weight excluding hydrogens is 540 g/mol. The van der Waals surface area contributed by atoms with Gasteiger partial charge in [-0.15, -0.1) is 11.3 Å². The maximum absolute atomic E-state index is 13.8. The fourth-order valence-corrected chi connectivity index (χ4v) is 5.15. The van der Waals surface area contributed by atoms with Gasteiger partial charge in [0.25, 0.3) is 5.91 Å². The van der Waals surface area contributed by atoms with Gasteiger partial charge in [0.1, 0.15) is 5.60 Å². The molecule has 2 N–H and O–H groups in total. The van der Waals surface area contributed by atoms with E-state index in [1.165, 1.54) is 0 Å². The zero-order valence-corrected chi connectivity index (χ0v) is 26.3. The van der Waals surface area contributed by atoms with Gasteiger partial charge < -0.3 is 20.1 Å². The van der Waals surface area contributed by atoms with Gasteiger partial charge in [-0.25, -0.2) is 9.59 Å². The zero-order valence-electron chi connectivity index (χ0n) is 25.5. The number of nitrogens with one attached hydrogen (secondary N) is 2. The molecule has 0 saturated heterocycles. The van der Waals surface area contributed by atoms with E-state index in [1.54, 1.807) is 76.3 Å². The minimum Gasteiger partial charge on any atom is -0.454 e. The normalized spacial score (nSPS) is 11.9. The van der Waals surface area contributed by atoms with E-state index in [-0.39, 0.29) is 35.9 Å². The topological polar surface area (TPSA) is 111 Å². The Labute approximate surface area is 247 Å². The smallest absolute Gasteiger partial charge is 0.407 e. The summed E-state index contributed by atoms with van der Waals surface area (Å²) < 4.78 is 10.7. The van der Waals surface area contributed by atoms with E-state index in [0.717, 1.165) is 15.3 Å². The van der Waals surface area contributed by atoms with E-state index >= 15 is 0 Å². The lowest BCUT2D eigenvalue weighted by atomic mass is 9.85. The summed E-state index contributed by atoms with van der Waals surface area (Å²) in [5.41, 5.74) is 2.23. The summed E-state index contributed by atoms with van der Waals surface area (Å²) in [6, 6.07) is 10.6. The summed E-state index contributed by atoms with van der Waals surface area (Å²) in [4.78, 5) is 54.2. The Bertz CT molecular complexity index is 1330. The van der Waals surface area contributed by atoms with E-state index in [4.69, 9.17) is 9.47 Å². The van der Waals surface area contributed by atoms with Crippen LogP contribution in [-0.2, 0) is 19.1 Å². The van der Waals surface area contributed by atoms with Crippen molar-refractivity contribution in [3.63, 3.8) is 0 Å². The average molecular weight is 583 g/mol. The van der Waals surface area contributed by atoms with Gasteiger partial charge in [0.05, 0.1) is 11.1 Å². The quantitative estimate of drug-likeness (QED) is 0.108. The molecule has 0 aliphatic rings. The van der Waals surface area contributed by atoms with Crippen molar-refractivity contribution in [3.8, 4) is 0 Å². The number of allylic oxidation sites excluding steroid dienone is 2. The first kappa shape index (κ1) is 33.5. The van der Waals surface area contributed by atoms with Crippen molar-refractivity contribution in [2.75, 3.05) is 19.7 Å². The Morgan fingerprint density at radius 3 is 2.05 bits per heavy atom. The number of amides is 2. The molecule has 0 unspecified atom stereocenters. The third-order valence-electron chi connectivity index (χ3n) is 5.87. The van der Waals surface area contributed by atoms with Crippen LogP contribution in [0.15, 0.2) is 53.1 Å². The Kier molecular flexibility index (Phi) is 12.1. The van der Waals surface area contributed by atoms with Crippen molar-refractivity contribution < 1.29 is 28.7 Å². The van der Waals surface area contributed by atoms with Gasteiger partial charge in [0.2, 0.25) is 0 Å². The van der Waals surface area contributed by atoms with Crippen molar-refractivity contribution in [1.29, 1.82) is 0 Å². The zero-order chi connectivity index (χ0) is 30.9. The monoisotopic (exact) mass is 582 g/mol. The number of aryl methyl sites for hydroxylation is 2. The van der Waals surface area contributed by atoms with E-state index < -0.39 is 30.2 Å². The van der Waals surface area contributed by atoms with Gasteiger partial charge in [0, 0.05) is 28.4 Å². The van der Waals surface area contributed by atoms with Crippen LogP contribution in [0.2, 0.25) is 0 Å². The molecule has 0 radical (unpaired) electrons. The predicted octanol–water partition coefficient (Wildman–Crippen LogP) is 6.18. The number of rotatable bonds is 11. The molecule has 1 heterocycles. The van der Waals surface area contributed by atoms with Crippen molar-refractivity contribution in [2.24, 2.45) is 5.92 Å². The molecule has 2 amide bonds. The number of esters is 1. The van der Waals surface area contributed by atoms with Crippen molar-refractivity contribution >= 4 is 40.7 Å². The molecule has 9 heteroatoms. The van der Waals surface area contributed by atoms with Crippen LogP contribution >= 0.6 is 11.3 Å². The van der Waals surface area contributed by atoms with Crippen LogP contribution in [0.5, 0.6) is 0 Å². The molecule has 2 rings (SSSR count). The number of alkyl carbamates (subject to hydrolysis) is 1. The molecule has 0 saturated carbocycles. The van der Waals surface area contributed by atoms with Crippen LogP contribution < -0.4 is 10.6 Å². The number of thiophene rings is 1. The van der Waals surface area contributed by atoms with Crippen molar-refractivity contribution in [2.45, 2.75) is 67.9 Å². The van der Waals surface area contributed by atoms with Crippen molar-refractivity contribution in [3.05, 3.63) is 74.0 Å². The van der Waals surface area contributed by atoms with Crippen molar-refractivity contribution in [1.82, 2.24) is 10.6 Å². The maximum atomic E-state index is 13.8. The summed E-state index contributed by atoms with van der Waals surface area (Å²) >= 11 is 1.61. The van der Waals surface area contributed by atoms with Gasteiger partial charge in [-0.2, -0.15) is 0 Å².